The Morgan fingerprint density at radius 1 is 1.00 bits per heavy atom. The van der Waals surface area contributed by atoms with E-state index in [4.69, 9.17) is 0 Å². The van der Waals surface area contributed by atoms with Crippen LogP contribution in [0.1, 0.15) is 22.5 Å². The second-order valence-electron chi connectivity index (χ2n) is 7.03. The van der Waals surface area contributed by atoms with Crippen LogP contribution < -0.4 is 5.32 Å². The van der Waals surface area contributed by atoms with E-state index in [9.17, 15) is 9.18 Å². The van der Waals surface area contributed by atoms with Crippen molar-refractivity contribution in [2.45, 2.75) is 12.8 Å². The van der Waals surface area contributed by atoms with Crippen molar-refractivity contribution < 1.29 is 9.18 Å². The summed E-state index contributed by atoms with van der Waals surface area (Å²) >= 11 is 0. The van der Waals surface area contributed by atoms with Gasteiger partial charge in [0.25, 0.3) is 5.91 Å². The predicted octanol–water partition coefficient (Wildman–Crippen LogP) is 4.74. The van der Waals surface area contributed by atoms with Crippen LogP contribution in [0.4, 0.5) is 4.39 Å². The zero-order valence-corrected chi connectivity index (χ0v) is 16.2. The zero-order valence-electron chi connectivity index (χ0n) is 16.2. The lowest BCUT2D eigenvalue weighted by molar-refractivity contribution is 0.0945. The Kier molecular flexibility index (Phi) is 5.38. The summed E-state index contributed by atoms with van der Waals surface area (Å²) in [6.07, 6.45) is 1.66. The number of nitrogens with zero attached hydrogens (tertiary/aromatic N) is 2. The van der Waals surface area contributed by atoms with Crippen LogP contribution in [0.25, 0.3) is 22.0 Å². The summed E-state index contributed by atoms with van der Waals surface area (Å²) in [6.45, 7) is 0.577. The number of aromatic nitrogens is 2. The molecule has 0 saturated carbocycles. The van der Waals surface area contributed by atoms with Gasteiger partial charge < -0.3 is 5.32 Å². The van der Waals surface area contributed by atoms with Gasteiger partial charge in [-0.2, -0.15) is 5.10 Å². The molecule has 4 rings (SSSR count). The van der Waals surface area contributed by atoms with Crippen molar-refractivity contribution in [3.8, 4) is 11.1 Å². The Bertz CT molecular complexity index is 1150. The van der Waals surface area contributed by atoms with Crippen LogP contribution in [-0.2, 0) is 13.5 Å². The van der Waals surface area contributed by atoms with E-state index in [-0.39, 0.29) is 11.7 Å². The molecular formula is C24H22FN3O. The van der Waals surface area contributed by atoms with E-state index in [1.54, 1.807) is 23.9 Å². The average Bonchev–Trinajstić information content (AvgIpc) is 3.08. The molecule has 0 bridgehead atoms. The Labute approximate surface area is 169 Å². The smallest absolute Gasteiger partial charge is 0.270 e. The number of halogens is 1. The fraction of sp³-hybridized carbons (Fsp3) is 0.167. The van der Waals surface area contributed by atoms with Crippen molar-refractivity contribution in [1.82, 2.24) is 15.1 Å². The molecule has 29 heavy (non-hydrogen) atoms. The van der Waals surface area contributed by atoms with Gasteiger partial charge in [-0.25, -0.2) is 4.39 Å². The number of hydrogen-bond acceptors (Lipinski definition) is 2. The molecule has 146 valence electrons. The summed E-state index contributed by atoms with van der Waals surface area (Å²) in [4.78, 5) is 12.6. The van der Waals surface area contributed by atoms with E-state index in [1.807, 2.05) is 54.6 Å². The summed E-state index contributed by atoms with van der Waals surface area (Å²) in [6, 6.07) is 22.3. The number of amides is 1. The van der Waals surface area contributed by atoms with Crippen LogP contribution in [0.3, 0.4) is 0 Å². The van der Waals surface area contributed by atoms with Crippen molar-refractivity contribution in [2.75, 3.05) is 6.54 Å². The second-order valence-corrected chi connectivity index (χ2v) is 7.03. The van der Waals surface area contributed by atoms with Gasteiger partial charge in [0, 0.05) is 24.5 Å². The Morgan fingerprint density at radius 3 is 2.52 bits per heavy atom. The third-order valence-corrected chi connectivity index (χ3v) is 5.02. The van der Waals surface area contributed by atoms with Gasteiger partial charge in [-0.15, -0.1) is 0 Å². The fourth-order valence-corrected chi connectivity index (χ4v) is 3.54. The third kappa shape index (κ3) is 4.04. The second kappa shape index (κ2) is 8.27. The van der Waals surface area contributed by atoms with Gasteiger partial charge in [0.05, 0.1) is 5.52 Å². The number of carbonyl (C=O) groups excluding carboxylic acids is 1. The number of benzene rings is 3. The molecule has 0 aliphatic heterocycles. The molecule has 1 N–H and O–H groups in total. The number of carbonyl (C=O) groups is 1. The van der Waals surface area contributed by atoms with Crippen molar-refractivity contribution in [3.05, 3.63) is 89.9 Å². The van der Waals surface area contributed by atoms with E-state index in [0.29, 0.717) is 17.8 Å². The molecule has 0 aliphatic rings. The summed E-state index contributed by atoms with van der Waals surface area (Å²) in [5, 5.41) is 8.22. The number of hydrogen-bond donors (Lipinski definition) is 1. The first kappa shape index (κ1) is 18.9. The number of aryl methyl sites for hydroxylation is 2. The Balaban J connectivity index is 1.33. The highest BCUT2D eigenvalue weighted by Crippen LogP contribution is 2.23. The van der Waals surface area contributed by atoms with Crippen LogP contribution in [0.15, 0.2) is 72.8 Å². The first-order valence-corrected chi connectivity index (χ1v) is 9.67. The highest BCUT2D eigenvalue weighted by molar-refractivity contribution is 6.04. The molecule has 1 aromatic heterocycles. The maximum atomic E-state index is 13.9. The molecule has 4 aromatic rings. The van der Waals surface area contributed by atoms with E-state index >= 15 is 0 Å². The van der Waals surface area contributed by atoms with Crippen molar-refractivity contribution in [1.29, 1.82) is 0 Å². The van der Waals surface area contributed by atoms with Crippen molar-refractivity contribution >= 4 is 16.8 Å². The number of nitrogens with one attached hydrogen (secondary N) is 1. The highest BCUT2D eigenvalue weighted by atomic mass is 19.1. The largest absolute Gasteiger partial charge is 0.351 e. The first-order chi connectivity index (χ1) is 14.1. The predicted molar refractivity (Wildman–Crippen MR) is 113 cm³/mol. The zero-order chi connectivity index (χ0) is 20.2. The average molecular weight is 387 g/mol. The summed E-state index contributed by atoms with van der Waals surface area (Å²) in [5.41, 5.74) is 4.02. The minimum Gasteiger partial charge on any atom is -0.351 e. The molecular weight excluding hydrogens is 365 g/mol. The van der Waals surface area contributed by atoms with Gasteiger partial charge in [0.2, 0.25) is 0 Å². The molecule has 0 radical (unpaired) electrons. The van der Waals surface area contributed by atoms with E-state index in [0.717, 1.165) is 34.9 Å². The van der Waals surface area contributed by atoms with Crippen molar-refractivity contribution in [2.24, 2.45) is 7.05 Å². The molecule has 4 nitrogen and oxygen atoms in total. The minimum atomic E-state index is -0.217. The standard InChI is InChI=1S/C24H22FN3O/c1-28-23(20-9-3-5-11-22(20)27-28)24(29)26-16-6-7-17-12-14-18(15-13-17)19-8-2-4-10-21(19)25/h2-5,8-15H,6-7,16H2,1H3,(H,26,29). The molecule has 0 saturated heterocycles. The SMILES string of the molecule is Cn1nc2ccccc2c1C(=O)NCCCc1ccc(-c2ccccc2F)cc1. The lowest BCUT2D eigenvalue weighted by Crippen LogP contribution is -2.27. The van der Waals surface area contributed by atoms with Gasteiger partial charge in [-0.05, 0) is 36.1 Å². The Morgan fingerprint density at radius 2 is 1.72 bits per heavy atom. The third-order valence-electron chi connectivity index (χ3n) is 5.02. The monoisotopic (exact) mass is 387 g/mol. The molecule has 1 heterocycles. The molecule has 0 unspecified atom stereocenters. The molecule has 1 amide bonds. The van der Waals surface area contributed by atoms with Gasteiger partial charge in [-0.1, -0.05) is 60.7 Å². The molecule has 0 fully saturated rings. The summed E-state index contributed by atoms with van der Waals surface area (Å²) < 4.78 is 15.5. The van der Waals surface area contributed by atoms with Gasteiger partial charge >= 0.3 is 0 Å². The molecule has 0 spiro atoms. The quantitative estimate of drug-likeness (QED) is 0.486. The molecule has 0 atom stereocenters. The summed E-state index contributed by atoms with van der Waals surface area (Å²) in [7, 11) is 1.78. The van der Waals surface area contributed by atoms with Crippen LogP contribution in [0.5, 0.6) is 0 Å². The van der Waals surface area contributed by atoms with Gasteiger partial charge in [0.15, 0.2) is 0 Å². The van der Waals surface area contributed by atoms with Crippen LogP contribution >= 0.6 is 0 Å². The molecule has 5 heteroatoms. The lowest BCUT2D eigenvalue weighted by Gasteiger charge is -2.07. The summed E-state index contributed by atoms with van der Waals surface area (Å²) in [5.74, 6) is -0.332. The minimum absolute atomic E-state index is 0.115. The van der Waals surface area contributed by atoms with Gasteiger partial charge in [0.1, 0.15) is 11.5 Å². The fourth-order valence-electron chi connectivity index (χ4n) is 3.54. The molecule has 3 aromatic carbocycles. The highest BCUT2D eigenvalue weighted by Gasteiger charge is 2.15. The van der Waals surface area contributed by atoms with E-state index in [2.05, 4.69) is 10.4 Å². The topological polar surface area (TPSA) is 46.9 Å². The normalized spacial score (nSPS) is 11.0. The van der Waals surface area contributed by atoms with Crippen LogP contribution in [0.2, 0.25) is 0 Å². The van der Waals surface area contributed by atoms with E-state index < -0.39 is 0 Å². The Hall–Kier alpha value is -3.47. The number of rotatable bonds is 6. The number of fused-ring (bicyclic) bond motifs is 1. The van der Waals surface area contributed by atoms with Crippen molar-refractivity contribution in [3.63, 3.8) is 0 Å². The van der Waals surface area contributed by atoms with Crippen LogP contribution in [0, 0.1) is 5.82 Å². The van der Waals surface area contributed by atoms with Crippen LogP contribution in [-0.4, -0.2) is 22.2 Å². The molecule has 0 aliphatic carbocycles. The van der Waals surface area contributed by atoms with Gasteiger partial charge in [-0.3, -0.25) is 9.48 Å². The van der Waals surface area contributed by atoms with E-state index in [1.165, 1.54) is 6.07 Å². The maximum Gasteiger partial charge on any atom is 0.270 e. The maximum absolute atomic E-state index is 13.9. The first-order valence-electron chi connectivity index (χ1n) is 9.67. The lowest BCUT2D eigenvalue weighted by atomic mass is 10.0.